The number of nitrogens with zero attached hydrogens (tertiary/aromatic N) is 4. The molecule has 1 fully saturated rings. The van der Waals surface area contributed by atoms with Crippen LogP contribution in [0.3, 0.4) is 0 Å². The van der Waals surface area contributed by atoms with Gasteiger partial charge in [0.05, 0.1) is 15.5 Å². The van der Waals surface area contributed by atoms with E-state index in [1.807, 2.05) is 4.90 Å². The number of hydrogen-bond donors (Lipinski definition) is 0. The van der Waals surface area contributed by atoms with Gasteiger partial charge in [-0.2, -0.15) is 0 Å². The van der Waals surface area contributed by atoms with E-state index >= 15 is 0 Å². The van der Waals surface area contributed by atoms with Gasteiger partial charge in [-0.05, 0) is 31.2 Å². The van der Waals surface area contributed by atoms with Crippen LogP contribution in [0.15, 0.2) is 53.4 Å². The van der Waals surface area contributed by atoms with E-state index in [0.717, 1.165) is 6.07 Å². The van der Waals surface area contributed by atoms with Crippen LogP contribution in [0.5, 0.6) is 0 Å². The maximum Gasteiger partial charge on any atom is 0.293 e. The highest BCUT2D eigenvalue weighted by atomic mass is 32.2. The molecule has 0 aliphatic carbocycles. The molecule has 9 nitrogen and oxygen atoms in total. The monoisotopic (exact) mass is 432 g/mol. The van der Waals surface area contributed by atoms with Crippen LogP contribution in [-0.2, 0) is 14.8 Å². The molecular formula is C20H24N4O5S. The molecule has 0 spiro atoms. The SMILES string of the molecule is CCN(c1ccccc1)S(=O)(=O)c1ccc(N2CCN(C(C)=O)CC2)c([N+](=O)[O-])c1. The molecule has 2 aromatic rings. The molecule has 1 amide bonds. The molecular weight excluding hydrogens is 408 g/mol. The summed E-state index contributed by atoms with van der Waals surface area (Å²) in [7, 11) is -3.97. The first-order valence-electron chi connectivity index (χ1n) is 9.62. The lowest BCUT2D eigenvalue weighted by atomic mass is 10.2. The maximum absolute atomic E-state index is 13.2. The highest BCUT2D eigenvalue weighted by Gasteiger charge is 2.29. The molecule has 1 saturated heterocycles. The van der Waals surface area contributed by atoms with E-state index in [0.29, 0.717) is 37.6 Å². The summed E-state index contributed by atoms with van der Waals surface area (Å²) in [5.74, 6) is -0.0360. The molecule has 1 aliphatic rings. The summed E-state index contributed by atoms with van der Waals surface area (Å²) >= 11 is 0. The van der Waals surface area contributed by atoms with E-state index < -0.39 is 14.9 Å². The van der Waals surface area contributed by atoms with E-state index in [-0.39, 0.29) is 23.0 Å². The Morgan fingerprint density at radius 3 is 2.27 bits per heavy atom. The Morgan fingerprint density at radius 1 is 1.10 bits per heavy atom. The number of benzene rings is 2. The number of nitro groups is 1. The number of amides is 1. The molecule has 3 rings (SSSR count). The Balaban J connectivity index is 1.95. The lowest BCUT2D eigenvalue weighted by Crippen LogP contribution is -2.48. The molecule has 10 heteroatoms. The van der Waals surface area contributed by atoms with Gasteiger partial charge in [0, 0.05) is 45.7 Å². The number of piperazine rings is 1. The minimum atomic E-state index is -3.97. The molecule has 1 aliphatic heterocycles. The lowest BCUT2D eigenvalue weighted by molar-refractivity contribution is -0.384. The number of rotatable bonds is 6. The van der Waals surface area contributed by atoms with Gasteiger partial charge >= 0.3 is 0 Å². The van der Waals surface area contributed by atoms with Crippen molar-refractivity contribution in [3.8, 4) is 0 Å². The predicted molar refractivity (Wildman–Crippen MR) is 114 cm³/mol. The molecule has 160 valence electrons. The number of carbonyl (C=O) groups excluding carboxylic acids is 1. The van der Waals surface area contributed by atoms with Crippen LogP contribution in [0, 0.1) is 10.1 Å². The average molecular weight is 433 g/mol. The number of sulfonamides is 1. The molecule has 0 saturated carbocycles. The van der Waals surface area contributed by atoms with Crippen molar-refractivity contribution in [1.82, 2.24) is 4.90 Å². The summed E-state index contributed by atoms with van der Waals surface area (Å²) in [6.45, 7) is 5.20. The van der Waals surface area contributed by atoms with E-state index in [2.05, 4.69) is 0 Å². The largest absolute Gasteiger partial charge is 0.362 e. The van der Waals surface area contributed by atoms with Gasteiger partial charge in [0.15, 0.2) is 0 Å². The van der Waals surface area contributed by atoms with Crippen LogP contribution in [0.2, 0.25) is 0 Å². The van der Waals surface area contributed by atoms with Crippen molar-refractivity contribution in [2.45, 2.75) is 18.7 Å². The van der Waals surface area contributed by atoms with E-state index in [9.17, 15) is 23.3 Å². The Morgan fingerprint density at radius 2 is 1.73 bits per heavy atom. The molecule has 0 N–H and O–H groups in total. The number of para-hydroxylation sites is 1. The Bertz CT molecular complexity index is 1030. The van der Waals surface area contributed by atoms with E-state index in [1.165, 1.54) is 23.4 Å². The highest BCUT2D eigenvalue weighted by Crippen LogP contribution is 2.33. The normalized spacial score (nSPS) is 14.5. The van der Waals surface area contributed by atoms with Crippen molar-refractivity contribution in [3.05, 3.63) is 58.6 Å². The topological polar surface area (TPSA) is 104 Å². The summed E-state index contributed by atoms with van der Waals surface area (Å²) in [6.07, 6.45) is 0. The van der Waals surface area contributed by atoms with Gasteiger partial charge in [-0.15, -0.1) is 0 Å². The van der Waals surface area contributed by atoms with Crippen molar-refractivity contribution in [3.63, 3.8) is 0 Å². The zero-order chi connectivity index (χ0) is 21.9. The minimum absolute atomic E-state index is 0.0360. The second-order valence-electron chi connectivity index (χ2n) is 6.91. The Kier molecular flexibility index (Phi) is 6.25. The highest BCUT2D eigenvalue weighted by molar-refractivity contribution is 7.92. The van der Waals surface area contributed by atoms with E-state index in [4.69, 9.17) is 0 Å². The fourth-order valence-corrected chi connectivity index (χ4v) is 5.05. The van der Waals surface area contributed by atoms with Gasteiger partial charge in [0.25, 0.3) is 15.7 Å². The van der Waals surface area contributed by atoms with Crippen molar-refractivity contribution in [2.24, 2.45) is 0 Å². The van der Waals surface area contributed by atoms with Crippen LogP contribution in [0.25, 0.3) is 0 Å². The van der Waals surface area contributed by atoms with Crippen LogP contribution in [0.1, 0.15) is 13.8 Å². The fourth-order valence-electron chi connectivity index (χ4n) is 3.55. The lowest BCUT2D eigenvalue weighted by Gasteiger charge is -2.35. The van der Waals surface area contributed by atoms with Crippen molar-refractivity contribution >= 4 is 33.0 Å². The Labute approximate surface area is 175 Å². The van der Waals surface area contributed by atoms with Gasteiger partial charge in [-0.1, -0.05) is 18.2 Å². The molecule has 0 bridgehead atoms. The maximum atomic E-state index is 13.2. The standard InChI is InChI=1S/C20H24N4O5S/c1-3-23(17-7-5-4-6-8-17)30(28,29)18-9-10-19(20(15-18)24(26)27)22-13-11-21(12-14-22)16(2)25/h4-10,15H,3,11-14H2,1-2H3. The third-order valence-corrected chi connectivity index (χ3v) is 7.03. The smallest absolute Gasteiger partial charge is 0.293 e. The molecule has 0 unspecified atom stereocenters. The Hall–Kier alpha value is -3.14. The average Bonchev–Trinajstić information content (AvgIpc) is 2.74. The molecule has 2 aromatic carbocycles. The third kappa shape index (κ3) is 4.23. The quantitative estimate of drug-likeness (QED) is 0.513. The first-order chi connectivity index (χ1) is 14.3. The van der Waals surface area contributed by atoms with Gasteiger partial charge in [-0.25, -0.2) is 8.42 Å². The number of hydrogen-bond acceptors (Lipinski definition) is 6. The molecule has 0 atom stereocenters. The number of carbonyl (C=O) groups is 1. The van der Waals surface area contributed by atoms with Gasteiger partial charge < -0.3 is 9.80 Å². The van der Waals surface area contributed by atoms with E-state index in [1.54, 1.807) is 42.2 Å². The second-order valence-corrected chi connectivity index (χ2v) is 8.77. The summed E-state index contributed by atoms with van der Waals surface area (Å²) in [4.78, 5) is 26.0. The van der Waals surface area contributed by atoms with Crippen LogP contribution in [-0.4, -0.2) is 56.9 Å². The molecule has 1 heterocycles. The van der Waals surface area contributed by atoms with Crippen LogP contribution in [0.4, 0.5) is 17.1 Å². The summed E-state index contributed by atoms with van der Waals surface area (Å²) < 4.78 is 27.6. The van der Waals surface area contributed by atoms with Crippen LogP contribution < -0.4 is 9.21 Å². The molecule has 0 aromatic heterocycles. The number of anilines is 2. The third-order valence-electron chi connectivity index (χ3n) is 5.13. The first-order valence-corrected chi connectivity index (χ1v) is 11.1. The second kappa shape index (κ2) is 8.70. The number of nitro benzene ring substituents is 1. The molecule has 0 radical (unpaired) electrons. The van der Waals surface area contributed by atoms with Crippen molar-refractivity contribution < 1.29 is 18.1 Å². The van der Waals surface area contributed by atoms with Crippen molar-refractivity contribution in [1.29, 1.82) is 0 Å². The van der Waals surface area contributed by atoms with Gasteiger partial charge in [0.2, 0.25) is 5.91 Å². The van der Waals surface area contributed by atoms with Crippen molar-refractivity contribution in [2.75, 3.05) is 41.9 Å². The first kappa shape index (κ1) is 21.6. The fraction of sp³-hybridized carbons (Fsp3) is 0.350. The van der Waals surface area contributed by atoms with Crippen LogP contribution >= 0.6 is 0 Å². The van der Waals surface area contributed by atoms with Gasteiger partial charge in [0.1, 0.15) is 5.69 Å². The molecule has 30 heavy (non-hydrogen) atoms. The predicted octanol–water partition coefficient (Wildman–Crippen LogP) is 2.48. The minimum Gasteiger partial charge on any atom is -0.362 e. The zero-order valence-corrected chi connectivity index (χ0v) is 17.7. The summed E-state index contributed by atoms with van der Waals surface area (Å²) in [5.41, 5.74) is 0.577. The summed E-state index contributed by atoms with van der Waals surface area (Å²) in [5, 5.41) is 11.7. The zero-order valence-electron chi connectivity index (χ0n) is 16.9. The summed E-state index contributed by atoms with van der Waals surface area (Å²) in [6, 6.07) is 12.6. The van der Waals surface area contributed by atoms with Gasteiger partial charge in [-0.3, -0.25) is 19.2 Å².